The fourth-order valence-electron chi connectivity index (χ4n) is 4.54. The fourth-order valence-corrected chi connectivity index (χ4v) is 4.54. The third-order valence-electron chi connectivity index (χ3n) is 6.20. The minimum Gasteiger partial charge on any atom is -0.372 e. The van der Waals surface area contributed by atoms with Crippen LogP contribution in [0.1, 0.15) is 87.0 Å². The highest BCUT2D eigenvalue weighted by Crippen LogP contribution is 2.38. The lowest BCUT2D eigenvalue weighted by atomic mass is 9.77. The van der Waals surface area contributed by atoms with Crippen LogP contribution in [0.4, 0.5) is 4.39 Å². The Balaban J connectivity index is 1.61. The van der Waals surface area contributed by atoms with E-state index in [-0.39, 0.29) is 11.9 Å². The van der Waals surface area contributed by atoms with Gasteiger partial charge in [-0.1, -0.05) is 75.1 Å². The highest BCUT2D eigenvalue weighted by atomic mass is 19.1. The molecule has 2 aromatic rings. The molecule has 2 aromatic carbocycles. The first kappa shape index (κ1) is 20.1. The molecule has 1 unspecified atom stereocenters. The molecule has 1 saturated carbocycles. The average molecular weight is 369 g/mol. The van der Waals surface area contributed by atoms with Gasteiger partial charge in [0.1, 0.15) is 11.9 Å². The topological polar surface area (TPSA) is 9.23 Å². The van der Waals surface area contributed by atoms with Gasteiger partial charge in [0.15, 0.2) is 0 Å². The smallest absolute Gasteiger partial charge is 0.129 e. The van der Waals surface area contributed by atoms with Gasteiger partial charge in [-0.3, -0.25) is 0 Å². The van der Waals surface area contributed by atoms with Crippen molar-refractivity contribution in [2.45, 2.75) is 70.3 Å². The van der Waals surface area contributed by atoms with Crippen molar-refractivity contribution < 1.29 is 9.13 Å². The zero-order valence-corrected chi connectivity index (χ0v) is 16.8. The lowest BCUT2D eigenvalue weighted by Crippen LogP contribution is -2.13. The predicted octanol–water partition coefficient (Wildman–Crippen LogP) is 7.42. The van der Waals surface area contributed by atoms with E-state index < -0.39 is 0 Å². The first-order chi connectivity index (χ1) is 13.2. The second-order valence-corrected chi connectivity index (χ2v) is 8.02. The van der Waals surface area contributed by atoms with Crippen LogP contribution in [0.5, 0.6) is 0 Å². The first-order valence-corrected chi connectivity index (χ1v) is 10.6. The van der Waals surface area contributed by atoms with Crippen molar-refractivity contribution in [3.63, 3.8) is 0 Å². The molecule has 0 N–H and O–H groups in total. The van der Waals surface area contributed by atoms with E-state index in [4.69, 9.17) is 4.74 Å². The van der Waals surface area contributed by atoms with Crippen LogP contribution in [-0.4, -0.2) is 7.11 Å². The number of methoxy groups -OCH3 is 1. The fraction of sp³-hybridized carbons (Fsp3) is 0.520. The van der Waals surface area contributed by atoms with Crippen molar-refractivity contribution in [3.8, 4) is 0 Å². The van der Waals surface area contributed by atoms with E-state index in [1.54, 1.807) is 19.2 Å². The van der Waals surface area contributed by atoms with Crippen molar-refractivity contribution >= 4 is 0 Å². The summed E-state index contributed by atoms with van der Waals surface area (Å²) in [4.78, 5) is 0. The minimum atomic E-state index is -0.352. The molecule has 2 heteroatoms. The molecule has 0 amide bonds. The Labute approximate surface area is 164 Å². The second kappa shape index (κ2) is 10.0. The number of benzene rings is 2. The largest absolute Gasteiger partial charge is 0.372 e. The Morgan fingerprint density at radius 2 is 1.67 bits per heavy atom. The number of ether oxygens (including phenoxy) is 1. The summed E-state index contributed by atoms with van der Waals surface area (Å²) in [6.45, 7) is 2.28. The van der Waals surface area contributed by atoms with Crippen molar-refractivity contribution in [3.05, 3.63) is 71.0 Å². The summed E-state index contributed by atoms with van der Waals surface area (Å²) in [6, 6.07) is 15.6. The Morgan fingerprint density at radius 1 is 0.963 bits per heavy atom. The van der Waals surface area contributed by atoms with Gasteiger partial charge in [0.05, 0.1) is 0 Å². The zero-order chi connectivity index (χ0) is 19.1. The van der Waals surface area contributed by atoms with Gasteiger partial charge >= 0.3 is 0 Å². The molecule has 0 spiro atoms. The van der Waals surface area contributed by atoms with Crippen LogP contribution in [0.3, 0.4) is 0 Å². The van der Waals surface area contributed by atoms with Crippen molar-refractivity contribution in [1.29, 1.82) is 0 Å². The molecule has 0 saturated heterocycles. The molecule has 1 aliphatic carbocycles. The van der Waals surface area contributed by atoms with Gasteiger partial charge in [-0.2, -0.15) is 0 Å². The zero-order valence-electron chi connectivity index (χ0n) is 16.8. The van der Waals surface area contributed by atoms with Gasteiger partial charge in [0, 0.05) is 12.7 Å². The SMILES string of the molecule is CCCCCC1CCC(c2ccc(C(OC)c3ccccc3F)cc2)CC1. The Kier molecular flexibility index (Phi) is 7.46. The predicted molar refractivity (Wildman–Crippen MR) is 111 cm³/mol. The summed E-state index contributed by atoms with van der Waals surface area (Å²) in [5.74, 6) is 1.40. The molecule has 146 valence electrons. The number of rotatable bonds is 8. The molecule has 1 nitrogen and oxygen atoms in total. The van der Waals surface area contributed by atoms with Crippen LogP contribution in [0, 0.1) is 11.7 Å². The minimum absolute atomic E-state index is 0.213. The molecule has 0 radical (unpaired) electrons. The molecule has 1 aliphatic rings. The van der Waals surface area contributed by atoms with E-state index in [2.05, 4.69) is 31.2 Å². The molecular formula is C25H33FO. The van der Waals surface area contributed by atoms with Crippen LogP contribution in [0.15, 0.2) is 48.5 Å². The van der Waals surface area contributed by atoms with E-state index in [0.29, 0.717) is 11.5 Å². The molecule has 0 heterocycles. The maximum absolute atomic E-state index is 14.2. The van der Waals surface area contributed by atoms with Crippen LogP contribution in [-0.2, 0) is 4.74 Å². The maximum Gasteiger partial charge on any atom is 0.129 e. The van der Waals surface area contributed by atoms with Crippen molar-refractivity contribution in [2.75, 3.05) is 7.11 Å². The van der Waals surface area contributed by atoms with Gasteiger partial charge < -0.3 is 4.74 Å². The van der Waals surface area contributed by atoms with Crippen molar-refractivity contribution in [2.24, 2.45) is 5.92 Å². The first-order valence-electron chi connectivity index (χ1n) is 10.6. The van der Waals surface area contributed by atoms with E-state index in [9.17, 15) is 4.39 Å². The highest BCUT2D eigenvalue weighted by Gasteiger charge is 2.23. The van der Waals surface area contributed by atoms with Gasteiger partial charge in [-0.15, -0.1) is 0 Å². The average Bonchev–Trinajstić information content (AvgIpc) is 2.71. The van der Waals surface area contributed by atoms with E-state index in [0.717, 1.165) is 11.5 Å². The van der Waals surface area contributed by atoms with Crippen LogP contribution >= 0.6 is 0 Å². The number of hydrogen-bond acceptors (Lipinski definition) is 1. The molecule has 27 heavy (non-hydrogen) atoms. The lowest BCUT2D eigenvalue weighted by Gasteiger charge is -2.29. The molecule has 1 atom stereocenters. The standard InChI is InChI=1S/C25H33FO/c1-3-4-5-8-19-11-13-20(14-12-19)21-15-17-22(18-16-21)25(27-2)23-9-6-7-10-24(23)26/h6-7,9-10,15-20,25H,3-5,8,11-14H2,1-2H3. The highest BCUT2D eigenvalue weighted by molar-refractivity contribution is 5.34. The quantitative estimate of drug-likeness (QED) is 0.441. The second-order valence-electron chi connectivity index (χ2n) is 8.02. The molecule has 0 aromatic heterocycles. The lowest BCUT2D eigenvalue weighted by molar-refractivity contribution is 0.133. The van der Waals surface area contributed by atoms with E-state index in [1.807, 2.05) is 6.07 Å². The van der Waals surface area contributed by atoms with Crippen LogP contribution in [0.25, 0.3) is 0 Å². The van der Waals surface area contributed by atoms with Crippen molar-refractivity contribution in [1.82, 2.24) is 0 Å². The monoisotopic (exact) mass is 368 g/mol. The third kappa shape index (κ3) is 5.19. The van der Waals surface area contributed by atoms with Gasteiger partial charge in [0.2, 0.25) is 0 Å². The van der Waals surface area contributed by atoms with E-state index in [1.165, 1.54) is 63.0 Å². The number of halogens is 1. The summed E-state index contributed by atoms with van der Waals surface area (Å²) in [5.41, 5.74) is 3.04. The molecule has 0 aliphatic heterocycles. The molecule has 1 fully saturated rings. The number of hydrogen-bond donors (Lipinski definition) is 0. The normalized spacial score (nSPS) is 21.1. The Morgan fingerprint density at radius 3 is 2.30 bits per heavy atom. The molecule has 3 rings (SSSR count). The molecule has 0 bridgehead atoms. The third-order valence-corrected chi connectivity index (χ3v) is 6.20. The summed E-state index contributed by atoms with van der Waals surface area (Å²) in [5, 5.41) is 0. The maximum atomic E-state index is 14.2. The summed E-state index contributed by atoms with van der Waals surface area (Å²) in [6.07, 6.45) is 10.5. The summed E-state index contributed by atoms with van der Waals surface area (Å²) in [7, 11) is 1.64. The van der Waals surface area contributed by atoms with Gasteiger partial charge in [-0.05, 0) is 54.7 Å². The Bertz CT molecular complexity index is 686. The number of unbranched alkanes of at least 4 members (excludes halogenated alkanes) is 2. The van der Waals surface area contributed by atoms with E-state index >= 15 is 0 Å². The molecular weight excluding hydrogens is 335 g/mol. The van der Waals surface area contributed by atoms with Crippen LogP contribution in [0.2, 0.25) is 0 Å². The van der Waals surface area contributed by atoms with Gasteiger partial charge in [-0.25, -0.2) is 4.39 Å². The summed E-state index contributed by atoms with van der Waals surface area (Å²) >= 11 is 0. The van der Waals surface area contributed by atoms with Gasteiger partial charge in [0.25, 0.3) is 0 Å². The Hall–Kier alpha value is -1.67. The summed E-state index contributed by atoms with van der Waals surface area (Å²) < 4.78 is 19.8. The van der Waals surface area contributed by atoms with Crippen LogP contribution < -0.4 is 0 Å².